The molecule has 4 aliphatic heterocycles. The van der Waals surface area contributed by atoms with E-state index >= 15 is 0 Å². The molecule has 0 radical (unpaired) electrons. The lowest BCUT2D eigenvalue weighted by atomic mass is 9.90. The highest BCUT2D eigenvalue weighted by Crippen LogP contribution is 2.41. The zero-order valence-corrected chi connectivity index (χ0v) is 15.2. The van der Waals surface area contributed by atoms with Gasteiger partial charge in [-0.2, -0.15) is 0 Å². The second-order valence-corrected chi connectivity index (χ2v) is 9.12. The van der Waals surface area contributed by atoms with Gasteiger partial charge in [-0.15, -0.1) is 0 Å². The Morgan fingerprint density at radius 2 is 1.52 bits per heavy atom. The van der Waals surface area contributed by atoms with E-state index in [-0.39, 0.29) is 11.8 Å². The monoisotopic (exact) mass is 345 g/mol. The smallest absolute Gasteiger partial charge is 0.227 e. The molecule has 0 aromatic rings. The lowest BCUT2D eigenvalue weighted by Crippen LogP contribution is -2.47. The molecule has 0 N–H and O–H groups in total. The molecule has 1 aliphatic carbocycles. The van der Waals surface area contributed by atoms with Crippen molar-refractivity contribution in [3.05, 3.63) is 0 Å². The van der Waals surface area contributed by atoms with Gasteiger partial charge in [-0.1, -0.05) is 6.42 Å². The van der Waals surface area contributed by atoms with E-state index in [1.54, 1.807) is 0 Å². The summed E-state index contributed by atoms with van der Waals surface area (Å²) < 4.78 is 0. The third-order valence-electron chi connectivity index (χ3n) is 7.44. The van der Waals surface area contributed by atoms with Crippen LogP contribution in [0, 0.1) is 23.7 Å². The Morgan fingerprint density at radius 1 is 0.680 bits per heavy atom. The zero-order chi connectivity index (χ0) is 17.0. The van der Waals surface area contributed by atoms with Gasteiger partial charge in [0.25, 0.3) is 0 Å². The van der Waals surface area contributed by atoms with Gasteiger partial charge in [-0.25, -0.2) is 0 Å². The summed E-state index contributed by atoms with van der Waals surface area (Å²) in [5, 5.41) is 0. The van der Waals surface area contributed by atoms with E-state index in [0.29, 0.717) is 30.2 Å². The molecule has 5 heteroatoms. The number of carbonyl (C=O) groups is 2. The second-order valence-electron chi connectivity index (χ2n) is 9.12. The predicted octanol–water partition coefficient (Wildman–Crippen LogP) is 1.58. The molecular formula is C20H31N3O2. The standard InChI is InChI=1S/C20H31N3O2/c24-19(14-6-7-14)22-9-3-4-15(10-22)20(25)23-12-16-11-21-8-2-1-5-18(21)17(16)13-23/h14-18H,1-13H2/t15-,16-,17-,18-/m0/s1. The molecule has 0 spiro atoms. The average molecular weight is 345 g/mol. The van der Waals surface area contributed by atoms with Gasteiger partial charge in [0.2, 0.25) is 11.8 Å². The van der Waals surface area contributed by atoms with Gasteiger partial charge in [-0.3, -0.25) is 14.5 Å². The van der Waals surface area contributed by atoms with E-state index in [2.05, 4.69) is 9.80 Å². The number of nitrogens with zero attached hydrogens (tertiary/aromatic N) is 3. The third-order valence-corrected chi connectivity index (χ3v) is 7.44. The van der Waals surface area contributed by atoms with Crippen LogP contribution in [0.5, 0.6) is 0 Å². The van der Waals surface area contributed by atoms with Crippen LogP contribution < -0.4 is 0 Å². The largest absolute Gasteiger partial charge is 0.342 e. The Labute approximate surface area is 150 Å². The molecule has 4 atom stereocenters. The molecule has 0 aromatic carbocycles. The van der Waals surface area contributed by atoms with Crippen LogP contribution in [0.25, 0.3) is 0 Å². The Morgan fingerprint density at radius 3 is 2.36 bits per heavy atom. The van der Waals surface area contributed by atoms with Crippen molar-refractivity contribution in [2.24, 2.45) is 23.7 Å². The molecular weight excluding hydrogens is 314 g/mol. The van der Waals surface area contributed by atoms with Gasteiger partial charge >= 0.3 is 0 Å². The van der Waals surface area contributed by atoms with Crippen LogP contribution in [0.3, 0.4) is 0 Å². The van der Waals surface area contributed by atoms with E-state index in [0.717, 1.165) is 51.4 Å². The highest BCUT2D eigenvalue weighted by molar-refractivity contribution is 5.83. The SMILES string of the molecule is O=C(C1CC1)N1CCC[C@H](C(=O)N2C[C@@H]3CN4CCCC[C@H]4[C@H]3C2)C1. The zero-order valence-electron chi connectivity index (χ0n) is 15.2. The van der Waals surface area contributed by atoms with E-state index < -0.39 is 0 Å². The summed E-state index contributed by atoms with van der Waals surface area (Å²) in [4.78, 5) is 32.3. The number of carbonyl (C=O) groups excluding carboxylic acids is 2. The number of hydrogen-bond donors (Lipinski definition) is 0. The molecule has 4 heterocycles. The maximum absolute atomic E-state index is 13.1. The first kappa shape index (κ1) is 16.1. The topological polar surface area (TPSA) is 43.9 Å². The van der Waals surface area contributed by atoms with Crippen LogP contribution in [-0.4, -0.2) is 71.8 Å². The van der Waals surface area contributed by atoms with Crippen molar-refractivity contribution in [2.45, 2.75) is 51.0 Å². The van der Waals surface area contributed by atoms with Gasteiger partial charge in [0.15, 0.2) is 0 Å². The summed E-state index contributed by atoms with van der Waals surface area (Å²) in [5.74, 6) is 2.38. The first-order valence-corrected chi connectivity index (χ1v) is 10.5. The van der Waals surface area contributed by atoms with Crippen LogP contribution in [0.15, 0.2) is 0 Å². The molecule has 25 heavy (non-hydrogen) atoms. The number of likely N-dealkylation sites (tertiary alicyclic amines) is 2. The lowest BCUT2D eigenvalue weighted by Gasteiger charge is -2.36. The first-order valence-electron chi connectivity index (χ1n) is 10.5. The van der Waals surface area contributed by atoms with Crippen LogP contribution in [0.1, 0.15) is 44.9 Å². The Kier molecular flexibility index (Phi) is 4.03. The Bertz CT molecular complexity index is 561. The second kappa shape index (κ2) is 6.26. The van der Waals surface area contributed by atoms with Crippen molar-refractivity contribution >= 4 is 11.8 Å². The molecule has 4 saturated heterocycles. The molecule has 5 fully saturated rings. The van der Waals surface area contributed by atoms with Crippen molar-refractivity contribution in [3.8, 4) is 0 Å². The van der Waals surface area contributed by atoms with Crippen molar-refractivity contribution in [2.75, 3.05) is 39.3 Å². The molecule has 5 aliphatic rings. The Balaban J connectivity index is 1.21. The highest BCUT2D eigenvalue weighted by Gasteiger charge is 2.49. The summed E-state index contributed by atoms with van der Waals surface area (Å²) in [7, 11) is 0. The van der Waals surface area contributed by atoms with Crippen LogP contribution >= 0.6 is 0 Å². The van der Waals surface area contributed by atoms with Crippen molar-refractivity contribution in [1.82, 2.24) is 14.7 Å². The van der Waals surface area contributed by atoms with Gasteiger partial charge in [0.05, 0.1) is 5.92 Å². The highest BCUT2D eigenvalue weighted by atomic mass is 16.2. The number of rotatable bonds is 2. The lowest BCUT2D eigenvalue weighted by molar-refractivity contribution is -0.141. The molecule has 138 valence electrons. The normalized spacial score (nSPS) is 38.6. The summed E-state index contributed by atoms with van der Waals surface area (Å²) in [6.45, 7) is 5.95. The van der Waals surface area contributed by atoms with Crippen molar-refractivity contribution < 1.29 is 9.59 Å². The fourth-order valence-corrected chi connectivity index (χ4v) is 5.96. The molecule has 0 bridgehead atoms. The number of amides is 2. The van der Waals surface area contributed by atoms with Crippen LogP contribution in [0.4, 0.5) is 0 Å². The van der Waals surface area contributed by atoms with E-state index in [4.69, 9.17) is 0 Å². The molecule has 5 nitrogen and oxygen atoms in total. The van der Waals surface area contributed by atoms with Crippen LogP contribution in [-0.2, 0) is 9.59 Å². The van der Waals surface area contributed by atoms with Gasteiger partial charge in [0.1, 0.15) is 0 Å². The first-order chi connectivity index (χ1) is 12.2. The maximum Gasteiger partial charge on any atom is 0.227 e. The molecule has 2 amide bonds. The molecule has 0 aromatic heterocycles. The average Bonchev–Trinajstić information content (AvgIpc) is 3.32. The third kappa shape index (κ3) is 2.88. The van der Waals surface area contributed by atoms with Gasteiger partial charge < -0.3 is 9.80 Å². The molecule has 0 unspecified atom stereocenters. The number of piperidine rings is 2. The van der Waals surface area contributed by atoms with Crippen molar-refractivity contribution in [3.63, 3.8) is 0 Å². The summed E-state index contributed by atoms with van der Waals surface area (Å²) in [5.41, 5.74) is 0. The minimum absolute atomic E-state index is 0.0535. The van der Waals surface area contributed by atoms with Crippen LogP contribution in [0.2, 0.25) is 0 Å². The minimum atomic E-state index is 0.0535. The van der Waals surface area contributed by atoms with E-state index in [1.807, 2.05) is 4.90 Å². The van der Waals surface area contributed by atoms with E-state index in [9.17, 15) is 9.59 Å². The number of fused-ring (bicyclic) bond motifs is 3. The number of hydrogen-bond acceptors (Lipinski definition) is 3. The quantitative estimate of drug-likeness (QED) is 0.763. The molecule has 1 saturated carbocycles. The fraction of sp³-hybridized carbons (Fsp3) is 0.900. The fourth-order valence-electron chi connectivity index (χ4n) is 5.96. The van der Waals surface area contributed by atoms with Gasteiger partial charge in [0, 0.05) is 44.7 Å². The maximum atomic E-state index is 13.1. The summed E-state index contributed by atoms with van der Waals surface area (Å²) in [6, 6.07) is 0.732. The predicted molar refractivity (Wildman–Crippen MR) is 94.8 cm³/mol. The van der Waals surface area contributed by atoms with E-state index in [1.165, 1.54) is 32.4 Å². The van der Waals surface area contributed by atoms with Crippen molar-refractivity contribution in [1.29, 1.82) is 0 Å². The van der Waals surface area contributed by atoms with Gasteiger partial charge in [-0.05, 0) is 56.9 Å². The molecule has 5 rings (SSSR count). The summed E-state index contributed by atoms with van der Waals surface area (Å²) in [6.07, 6.45) is 8.12. The summed E-state index contributed by atoms with van der Waals surface area (Å²) >= 11 is 0. The Hall–Kier alpha value is -1.10. The minimum Gasteiger partial charge on any atom is -0.342 e.